The van der Waals surface area contributed by atoms with Gasteiger partial charge >= 0.3 is 0 Å². The first kappa shape index (κ1) is 26.5. The van der Waals surface area contributed by atoms with Crippen LogP contribution in [0.15, 0.2) is 54.1 Å². The van der Waals surface area contributed by atoms with E-state index >= 15 is 0 Å². The molecule has 0 saturated heterocycles. The molecule has 0 spiro atoms. The van der Waals surface area contributed by atoms with Crippen LogP contribution in [0, 0.1) is 17.2 Å². The van der Waals surface area contributed by atoms with Crippen molar-refractivity contribution in [1.82, 2.24) is 5.32 Å². The maximum atomic E-state index is 12.5. The summed E-state index contributed by atoms with van der Waals surface area (Å²) in [6, 6.07) is 19.2. The van der Waals surface area contributed by atoms with E-state index in [2.05, 4.69) is 66.5 Å². The summed E-state index contributed by atoms with van der Waals surface area (Å²) >= 11 is 1.58. The molecule has 1 aromatic heterocycles. The summed E-state index contributed by atoms with van der Waals surface area (Å²) in [5, 5.41) is 23.9. The van der Waals surface area contributed by atoms with Crippen LogP contribution in [0.2, 0.25) is 0 Å². The van der Waals surface area contributed by atoms with Crippen LogP contribution in [-0.4, -0.2) is 37.3 Å². The van der Waals surface area contributed by atoms with Crippen molar-refractivity contribution >= 4 is 39.3 Å². The summed E-state index contributed by atoms with van der Waals surface area (Å²) in [6.45, 7) is 10.5. The minimum atomic E-state index is -0.401. The lowest BCUT2D eigenvalue weighted by atomic mass is 10.0. The van der Waals surface area contributed by atoms with Crippen LogP contribution >= 0.6 is 11.3 Å². The van der Waals surface area contributed by atoms with Gasteiger partial charge in [0.05, 0.1) is 0 Å². The fourth-order valence-electron chi connectivity index (χ4n) is 4.04. The van der Waals surface area contributed by atoms with Gasteiger partial charge in [0.1, 0.15) is 11.6 Å². The first-order chi connectivity index (χ1) is 16.9. The number of carbonyl (C=O) groups excluding carboxylic acids is 1. The molecule has 5 nitrogen and oxygen atoms in total. The Labute approximate surface area is 212 Å². The molecule has 0 radical (unpaired) electrons. The number of carbonyl (C=O) groups is 1. The highest BCUT2D eigenvalue weighted by Gasteiger charge is 2.16. The molecule has 0 fully saturated rings. The molecule has 0 aliphatic carbocycles. The van der Waals surface area contributed by atoms with Crippen molar-refractivity contribution < 1.29 is 9.90 Å². The summed E-state index contributed by atoms with van der Waals surface area (Å²) < 4.78 is 0. The molecule has 0 bridgehead atoms. The lowest BCUT2D eigenvalue weighted by molar-refractivity contribution is -0.117. The normalized spacial score (nSPS) is 12.7. The highest BCUT2D eigenvalue weighted by Crippen LogP contribution is 2.35. The van der Waals surface area contributed by atoms with Gasteiger partial charge in [0.15, 0.2) is 0 Å². The van der Waals surface area contributed by atoms with E-state index in [0.29, 0.717) is 12.1 Å². The molecule has 0 saturated carbocycles. The van der Waals surface area contributed by atoms with E-state index in [1.165, 1.54) is 16.5 Å². The zero-order valence-electron chi connectivity index (χ0n) is 21.1. The van der Waals surface area contributed by atoms with Crippen LogP contribution in [0.25, 0.3) is 26.8 Å². The third-order valence-electron chi connectivity index (χ3n) is 6.07. The number of fused-ring (bicyclic) bond motifs is 1. The summed E-state index contributed by atoms with van der Waals surface area (Å²) in [5.41, 5.74) is 3.16. The van der Waals surface area contributed by atoms with Gasteiger partial charge < -0.3 is 15.3 Å². The molecule has 1 heterocycles. The molecule has 184 valence electrons. The Hall–Kier alpha value is -3.14. The Bertz CT molecular complexity index is 1230. The molecule has 1 unspecified atom stereocenters. The van der Waals surface area contributed by atoms with E-state index in [1.54, 1.807) is 11.3 Å². The molecule has 1 atom stereocenters. The van der Waals surface area contributed by atoms with Crippen molar-refractivity contribution in [3.8, 4) is 16.5 Å². The SMILES string of the molecule is CCCN(CCC)c1ccc2cc(-c3ccc(/C(C)=C(\C#N)C(=O)NCC(C)CO)s3)ccc2c1. The van der Waals surface area contributed by atoms with Gasteiger partial charge in [-0.2, -0.15) is 5.26 Å². The minimum Gasteiger partial charge on any atom is -0.396 e. The molecule has 0 aliphatic heterocycles. The number of hydrogen-bond donors (Lipinski definition) is 2. The van der Waals surface area contributed by atoms with E-state index < -0.39 is 5.91 Å². The molecule has 1 amide bonds. The average Bonchev–Trinajstić information content (AvgIpc) is 3.37. The van der Waals surface area contributed by atoms with Crippen LogP contribution in [-0.2, 0) is 4.79 Å². The smallest absolute Gasteiger partial charge is 0.262 e. The maximum absolute atomic E-state index is 12.5. The average molecular weight is 490 g/mol. The van der Waals surface area contributed by atoms with Crippen LogP contribution in [0.5, 0.6) is 0 Å². The number of nitriles is 1. The van der Waals surface area contributed by atoms with Crippen LogP contribution < -0.4 is 10.2 Å². The number of nitrogens with zero attached hydrogens (tertiary/aromatic N) is 2. The Morgan fingerprint density at radius 1 is 1.09 bits per heavy atom. The lowest BCUT2D eigenvalue weighted by Crippen LogP contribution is -2.30. The van der Waals surface area contributed by atoms with Crippen molar-refractivity contribution in [2.75, 3.05) is 31.1 Å². The zero-order chi connectivity index (χ0) is 25.4. The van der Waals surface area contributed by atoms with Gasteiger partial charge in [-0.25, -0.2) is 0 Å². The largest absolute Gasteiger partial charge is 0.396 e. The van der Waals surface area contributed by atoms with Gasteiger partial charge in [-0.1, -0.05) is 39.0 Å². The number of thiophene rings is 1. The Kier molecular flexibility index (Phi) is 9.47. The van der Waals surface area contributed by atoms with Gasteiger partial charge in [0.2, 0.25) is 0 Å². The number of aliphatic hydroxyl groups is 1. The number of benzene rings is 2. The molecule has 35 heavy (non-hydrogen) atoms. The molecule has 3 rings (SSSR count). The predicted molar refractivity (Wildman–Crippen MR) is 148 cm³/mol. The number of rotatable bonds is 11. The van der Waals surface area contributed by atoms with Crippen LogP contribution in [0.4, 0.5) is 5.69 Å². The Balaban J connectivity index is 1.85. The topological polar surface area (TPSA) is 76.4 Å². The Morgan fingerprint density at radius 3 is 2.43 bits per heavy atom. The van der Waals surface area contributed by atoms with Crippen molar-refractivity contribution in [1.29, 1.82) is 5.26 Å². The fraction of sp³-hybridized carbons (Fsp3) is 0.379. The van der Waals surface area contributed by atoms with E-state index in [-0.39, 0.29) is 18.1 Å². The standard InChI is InChI=1S/C29H35N3O2S/c1-5-13-32(14-6-2)25-10-9-22-15-24(8-7-23(22)16-25)28-12-11-27(35-28)21(4)26(17-30)29(34)31-18-20(3)19-33/h7-12,15-16,20,33H,5-6,13-14,18-19H2,1-4H3,(H,31,34)/b26-21+. The van der Waals surface area contributed by atoms with Crippen molar-refractivity contribution in [2.24, 2.45) is 5.92 Å². The maximum Gasteiger partial charge on any atom is 0.262 e. The lowest BCUT2D eigenvalue weighted by Gasteiger charge is -2.24. The van der Waals surface area contributed by atoms with Gasteiger partial charge in [0.25, 0.3) is 5.91 Å². The summed E-state index contributed by atoms with van der Waals surface area (Å²) in [6.07, 6.45) is 2.25. The molecule has 6 heteroatoms. The second-order valence-electron chi connectivity index (χ2n) is 9.01. The van der Waals surface area contributed by atoms with Crippen LogP contribution in [0.3, 0.4) is 0 Å². The summed E-state index contributed by atoms with van der Waals surface area (Å²) in [4.78, 5) is 17.0. The van der Waals surface area contributed by atoms with E-state index in [4.69, 9.17) is 5.11 Å². The highest BCUT2D eigenvalue weighted by molar-refractivity contribution is 7.16. The first-order valence-corrected chi connectivity index (χ1v) is 13.1. The van der Waals surface area contributed by atoms with Crippen molar-refractivity contribution in [3.05, 3.63) is 59.0 Å². The number of allylic oxidation sites excluding steroid dienone is 1. The zero-order valence-corrected chi connectivity index (χ0v) is 21.9. The fourth-order valence-corrected chi connectivity index (χ4v) is 5.04. The Morgan fingerprint density at radius 2 is 1.77 bits per heavy atom. The third-order valence-corrected chi connectivity index (χ3v) is 7.33. The monoisotopic (exact) mass is 489 g/mol. The van der Waals surface area contributed by atoms with Gasteiger partial charge in [0, 0.05) is 41.7 Å². The molecule has 2 aromatic carbocycles. The van der Waals surface area contributed by atoms with Crippen LogP contribution in [0.1, 0.15) is 45.4 Å². The molecule has 0 aliphatic rings. The number of aliphatic hydroxyl groups excluding tert-OH is 1. The second-order valence-corrected chi connectivity index (χ2v) is 10.1. The summed E-state index contributed by atoms with van der Waals surface area (Å²) in [7, 11) is 0. The van der Waals surface area contributed by atoms with Gasteiger partial charge in [-0.3, -0.25) is 4.79 Å². The number of amides is 1. The first-order valence-electron chi connectivity index (χ1n) is 12.3. The van der Waals surface area contributed by atoms with Gasteiger partial charge in [-0.05, 0) is 77.9 Å². The summed E-state index contributed by atoms with van der Waals surface area (Å²) in [5.74, 6) is -0.458. The van der Waals surface area contributed by atoms with E-state index in [1.807, 2.05) is 26.0 Å². The quantitative estimate of drug-likeness (QED) is 0.247. The molecule has 2 N–H and O–H groups in total. The van der Waals surface area contributed by atoms with E-state index in [0.717, 1.165) is 41.2 Å². The van der Waals surface area contributed by atoms with Crippen molar-refractivity contribution in [2.45, 2.75) is 40.5 Å². The van der Waals surface area contributed by atoms with Crippen molar-refractivity contribution in [3.63, 3.8) is 0 Å². The molecule has 3 aromatic rings. The van der Waals surface area contributed by atoms with E-state index in [9.17, 15) is 10.1 Å². The number of hydrogen-bond acceptors (Lipinski definition) is 5. The minimum absolute atomic E-state index is 0.0119. The van der Waals surface area contributed by atoms with Gasteiger partial charge in [-0.15, -0.1) is 11.3 Å². The second kappa shape index (κ2) is 12.5. The highest BCUT2D eigenvalue weighted by atomic mass is 32.1. The number of anilines is 1. The predicted octanol–water partition coefficient (Wildman–Crippen LogP) is 6.24. The molecular formula is C29H35N3O2S. The third kappa shape index (κ3) is 6.50. The molecular weight excluding hydrogens is 454 g/mol. The number of nitrogens with one attached hydrogen (secondary N) is 1.